The minimum absolute atomic E-state index is 1.04. The van der Waals surface area contributed by atoms with E-state index in [4.69, 9.17) is 4.98 Å². The molecule has 108 valence electrons. The van der Waals surface area contributed by atoms with Crippen molar-refractivity contribution in [1.29, 1.82) is 0 Å². The molecule has 0 saturated carbocycles. The molecule has 3 aromatic rings. The number of pyridine rings is 1. The summed E-state index contributed by atoms with van der Waals surface area (Å²) in [5, 5.41) is 1.23. The molecule has 1 aliphatic carbocycles. The van der Waals surface area contributed by atoms with Crippen LogP contribution in [0.25, 0.3) is 27.7 Å². The highest BCUT2D eigenvalue weighted by atomic mass is 14.7. The zero-order chi connectivity index (χ0) is 14.8. The minimum atomic E-state index is 1.04. The number of benzene rings is 2. The van der Waals surface area contributed by atoms with E-state index >= 15 is 0 Å². The van der Waals surface area contributed by atoms with Crippen LogP contribution < -0.4 is 0 Å². The maximum Gasteiger partial charge on any atom is 0.0709 e. The zero-order valence-electron chi connectivity index (χ0n) is 12.6. The van der Waals surface area contributed by atoms with Gasteiger partial charge in [0.2, 0.25) is 0 Å². The van der Waals surface area contributed by atoms with Crippen LogP contribution >= 0.6 is 0 Å². The van der Waals surface area contributed by atoms with E-state index in [0.717, 1.165) is 11.2 Å². The molecule has 0 N–H and O–H groups in total. The molecule has 22 heavy (non-hydrogen) atoms. The van der Waals surface area contributed by atoms with E-state index < -0.39 is 0 Å². The summed E-state index contributed by atoms with van der Waals surface area (Å²) in [6, 6.07) is 21.3. The first kappa shape index (κ1) is 13.3. The van der Waals surface area contributed by atoms with Crippen molar-refractivity contribution in [3.63, 3.8) is 0 Å². The lowest BCUT2D eigenvalue weighted by molar-refractivity contribution is 0.742. The summed E-state index contributed by atoms with van der Waals surface area (Å²) in [4.78, 5) is 4.81. The van der Waals surface area contributed by atoms with Gasteiger partial charge in [0.25, 0.3) is 0 Å². The number of allylic oxidation sites excluding steroid dienone is 2. The average Bonchev–Trinajstić information content (AvgIpc) is 2.62. The summed E-state index contributed by atoms with van der Waals surface area (Å²) in [6.07, 6.45) is 7.48. The predicted octanol–water partition coefficient (Wildman–Crippen LogP) is 5.86. The third-order valence-corrected chi connectivity index (χ3v) is 4.42. The van der Waals surface area contributed by atoms with Crippen LogP contribution in [-0.2, 0) is 0 Å². The Bertz CT molecular complexity index is 831. The standard InChI is InChI=1S/C21H19N/c1-3-7-16(8-4-1)18-11-13-21-19(15-18)12-14-20(22-21)17-9-5-2-6-10-17/h2,5-7,9-15H,1,3-4,8H2. The van der Waals surface area contributed by atoms with Gasteiger partial charge in [-0.2, -0.15) is 0 Å². The van der Waals surface area contributed by atoms with Crippen molar-refractivity contribution in [3.8, 4) is 11.3 Å². The van der Waals surface area contributed by atoms with Gasteiger partial charge < -0.3 is 0 Å². The monoisotopic (exact) mass is 285 g/mol. The quantitative estimate of drug-likeness (QED) is 0.574. The minimum Gasteiger partial charge on any atom is -0.248 e. The molecule has 0 amide bonds. The molecule has 0 saturated heterocycles. The second-order valence-corrected chi connectivity index (χ2v) is 5.95. The van der Waals surface area contributed by atoms with Gasteiger partial charge in [0, 0.05) is 10.9 Å². The molecule has 0 spiro atoms. The first-order valence-electron chi connectivity index (χ1n) is 8.06. The SMILES string of the molecule is C1=C(c2ccc3nc(-c4ccccc4)ccc3c2)CCCC1. The summed E-state index contributed by atoms with van der Waals surface area (Å²) in [5.41, 5.74) is 6.14. The highest BCUT2D eigenvalue weighted by Gasteiger charge is 2.08. The first-order valence-corrected chi connectivity index (χ1v) is 8.06. The summed E-state index contributed by atoms with van der Waals surface area (Å²) < 4.78 is 0. The fourth-order valence-corrected chi connectivity index (χ4v) is 3.20. The second kappa shape index (κ2) is 5.76. The number of rotatable bonds is 2. The summed E-state index contributed by atoms with van der Waals surface area (Å²) in [7, 11) is 0. The molecule has 0 unspecified atom stereocenters. The van der Waals surface area contributed by atoms with Crippen LogP contribution in [0.4, 0.5) is 0 Å². The molecule has 1 nitrogen and oxygen atoms in total. The van der Waals surface area contributed by atoms with Gasteiger partial charge in [-0.3, -0.25) is 0 Å². The molecule has 1 heteroatoms. The van der Waals surface area contributed by atoms with Crippen molar-refractivity contribution in [1.82, 2.24) is 4.98 Å². The molecule has 0 bridgehead atoms. The van der Waals surface area contributed by atoms with Crippen LogP contribution in [0.15, 0.2) is 66.7 Å². The Morgan fingerprint density at radius 3 is 2.50 bits per heavy atom. The number of aromatic nitrogens is 1. The van der Waals surface area contributed by atoms with Gasteiger partial charge in [-0.15, -0.1) is 0 Å². The van der Waals surface area contributed by atoms with Crippen molar-refractivity contribution in [2.75, 3.05) is 0 Å². The average molecular weight is 285 g/mol. The molecular weight excluding hydrogens is 266 g/mol. The van der Waals surface area contributed by atoms with Crippen molar-refractivity contribution in [2.45, 2.75) is 25.7 Å². The number of nitrogens with zero attached hydrogens (tertiary/aromatic N) is 1. The van der Waals surface area contributed by atoms with Crippen molar-refractivity contribution < 1.29 is 0 Å². The fourth-order valence-electron chi connectivity index (χ4n) is 3.20. The molecule has 0 fully saturated rings. The number of hydrogen-bond acceptors (Lipinski definition) is 1. The highest BCUT2D eigenvalue weighted by Crippen LogP contribution is 2.29. The third-order valence-electron chi connectivity index (χ3n) is 4.42. The highest BCUT2D eigenvalue weighted by molar-refractivity contribution is 5.85. The Morgan fingerprint density at radius 2 is 1.68 bits per heavy atom. The second-order valence-electron chi connectivity index (χ2n) is 5.95. The van der Waals surface area contributed by atoms with E-state index in [1.54, 1.807) is 0 Å². The van der Waals surface area contributed by atoms with Crippen LogP contribution in [0.3, 0.4) is 0 Å². The lowest BCUT2D eigenvalue weighted by Crippen LogP contribution is -1.92. The maximum absolute atomic E-state index is 4.81. The molecule has 0 radical (unpaired) electrons. The van der Waals surface area contributed by atoms with E-state index in [0.29, 0.717) is 0 Å². The van der Waals surface area contributed by atoms with Gasteiger partial charge in [0.05, 0.1) is 11.2 Å². The number of fused-ring (bicyclic) bond motifs is 1. The topological polar surface area (TPSA) is 12.9 Å². The van der Waals surface area contributed by atoms with Crippen LogP contribution in [-0.4, -0.2) is 4.98 Å². The molecule has 0 aliphatic heterocycles. The van der Waals surface area contributed by atoms with E-state index in [-0.39, 0.29) is 0 Å². The molecule has 1 heterocycles. The Hall–Kier alpha value is -2.41. The predicted molar refractivity (Wildman–Crippen MR) is 93.6 cm³/mol. The van der Waals surface area contributed by atoms with E-state index in [2.05, 4.69) is 60.7 Å². The summed E-state index contributed by atoms with van der Waals surface area (Å²) in [5.74, 6) is 0. The maximum atomic E-state index is 4.81. The largest absolute Gasteiger partial charge is 0.248 e. The Labute approximate surface area is 131 Å². The Morgan fingerprint density at radius 1 is 0.773 bits per heavy atom. The first-order chi connectivity index (χ1) is 10.9. The van der Waals surface area contributed by atoms with Crippen LogP contribution in [0.2, 0.25) is 0 Å². The molecule has 1 aromatic heterocycles. The van der Waals surface area contributed by atoms with Crippen LogP contribution in [0, 0.1) is 0 Å². The lowest BCUT2D eigenvalue weighted by atomic mass is 9.93. The lowest BCUT2D eigenvalue weighted by Gasteiger charge is -2.13. The van der Waals surface area contributed by atoms with Gasteiger partial charge in [-0.1, -0.05) is 48.5 Å². The van der Waals surface area contributed by atoms with E-state index in [1.165, 1.54) is 47.8 Å². The van der Waals surface area contributed by atoms with Crippen molar-refractivity contribution in [3.05, 3.63) is 72.3 Å². The van der Waals surface area contributed by atoms with E-state index in [1.807, 2.05) is 6.07 Å². The van der Waals surface area contributed by atoms with Gasteiger partial charge >= 0.3 is 0 Å². The van der Waals surface area contributed by atoms with E-state index in [9.17, 15) is 0 Å². The number of hydrogen-bond donors (Lipinski definition) is 0. The van der Waals surface area contributed by atoms with Gasteiger partial charge in [0.15, 0.2) is 0 Å². The van der Waals surface area contributed by atoms with Crippen LogP contribution in [0.5, 0.6) is 0 Å². The van der Waals surface area contributed by atoms with Crippen molar-refractivity contribution in [2.24, 2.45) is 0 Å². The zero-order valence-corrected chi connectivity index (χ0v) is 12.6. The Kier molecular flexibility index (Phi) is 3.48. The molecule has 2 aromatic carbocycles. The molecular formula is C21H19N. The van der Waals surface area contributed by atoms with Crippen molar-refractivity contribution >= 4 is 16.5 Å². The fraction of sp³-hybridized carbons (Fsp3) is 0.190. The van der Waals surface area contributed by atoms with Crippen LogP contribution in [0.1, 0.15) is 31.2 Å². The summed E-state index contributed by atoms with van der Waals surface area (Å²) in [6.45, 7) is 0. The van der Waals surface area contributed by atoms with Gasteiger partial charge in [-0.25, -0.2) is 4.98 Å². The van der Waals surface area contributed by atoms with Gasteiger partial charge in [0.1, 0.15) is 0 Å². The third kappa shape index (κ3) is 2.55. The Balaban J connectivity index is 1.75. The summed E-state index contributed by atoms with van der Waals surface area (Å²) >= 11 is 0. The smallest absolute Gasteiger partial charge is 0.0709 e. The molecule has 0 atom stereocenters. The molecule has 1 aliphatic rings. The van der Waals surface area contributed by atoms with Gasteiger partial charge in [-0.05, 0) is 55.0 Å². The normalized spacial score (nSPS) is 14.8. The molecule has 4 rings (SSSR count).